The maximum Gasteiger partial charge on any atom is 0.573 e. The van der Waals surface area contributed by atoms with Crippen LogP contribution in [0, 0.1) is 0 Å². The van der Waals surface area contributed by atoms with E-state index in [1.54, 1.807) is 30.9 Å². The van der Waals surface area contributed by atoms with Gasteiger partial charge < -0.3 is 14.5 Å². The van der Waals surface area contributed by atoms with Crippen LogP contribution in [0.4, 0.5) is 23.7 Å². The first-order valence-electron chi connectivity index (χ1n) is 11.2. The molecular formula is C24H25F3N4O4. The molecule has 0 spiro atoms. The average molecular weight is 490 g/mol. The second-order valence-corrected chi connectivity index (χ2v) is 9.01. The summed E-state index contributed by atoms with van der Waals surface area (Å²) in [5.74, 6) is -1.15. The lowest BCUT2D eigenvalue weighted by atomic mass is 10.0. The second-order valence-electron chi connectivity index (χ2n) is 9.01. The molecule has 1 aromatic carbocycles. The SMILES string of the molecule is CC1(C)C(=O)N(c2ccc(OC(F)(F)F)cc2)C(=O)N1Cc1ccnc(C(=O)N2CCCCC2)c1. The van der Waals surface area contributed by atoms with Gasteiger partial charge in [0.25, 0.3) is 11.8 Å². The van der Waals surface area contributed by atoms with Gasteiger partial charge in [0.05, 0.1) is 5.69 Å². The van der Waals surface area contributed by atoms with Gasteiger partial charge in [0.2, 0.25) is 0 Å². The van der Waals surface area contributed by atoms with E-state index in [2.05, 4.69) is 9.72 Å². The predicted molar refractivity (Wildman–Crippen MR) is 120 cm³/mol. The lowest BCUT2D eigenvalue weighted by molar-refractivity contribution is -0.274. The summed E-state index contributed by atoms with van der Waals surface area (Å²) < 4.78 is 41.2. The third-order valence-electron chi connectivity index (χ3n) is 6.18. The van der Waals surface area contributed by atoms with Crippen molar-refractivity contribution in [3.8, 4) is 5.75 Å². The lowest BCUT2D eigenvalue weighted by Crippen LogP contribution is -2.43. The van der Waals surface area contributed by atoms with Crippen LogP contribution in [0.15, 0.2) is 42.6 Å². The Hall–Kier alpha value is -3.63. The van der Waals surface area contributed by atoms with Gasteiger partial charge in [0.15, 0.2) is 0 Å². The number of rotatable bonds is 5. The van der Waals surface area contributed by atoms with Crippen molar-refractivity contribution in [3.05, 3.63) is 53.9 Å². The Morgan fingerprint density at radius 2 is 1.71 bits per heavy atom. The number of imide groups is 1. The van der Waals surface area contributed by atoms with Crippen molar-refractivity contribution < 1.29 is 32.3 Å². The molecule has 0 atom stereocenters. The molecule has 1 aromatic heterocycles. The standard InChI is InChI=1S/C24H25F3N4O4/c1-23(2)21(33)31(17-6-8-18(9-7-17)35-24(25,26)27)22(34)30(23)15-16-10-11-28-19(14-16)20(32)29-12-4-3-5-13-29/h6-11,14H,3-5,12-13,15H2,1-2H3. The van der Waals surface area contributed by atoms with Crippen LogP contribution in [-0.2, 0) is 11.3 Å². The van der Waals surface area contributed by atoms with Gasteiger partial charge in [-0.1, -0.05) is 0 Å². The topological polar surface area (TPSA) is 83.0 Å². The Bertz CT molecular complexity index is 1130. The zero-order valence-electron chi connectivity index (χ0n) is 19.3. The van der Waals surface area contributed by atoms with Crippen molar-refractivity contribution in [2.45, 2.75) is 51.6 Å². The summed E-state index contributed by atoms with van der Waals surface area (Å²) in [7, 11) is 0. The molecular weight excluding hydrogens is 465 g/mol. The Morgan fingerprint density at radius 1 is 1.06 bits per heavy atom. The number of benzene rings is 1. The van der Waals surface area contributed by atoms with E-state index < -0.39 is 29.6 Å². The quantitative estimate of drug-likeness (QED) is 0.582. The molecule has 8 nitrogen and oxygen atoms in total. The third-order valence-corrected chi connectivity index (χ3v) is 6.18. The molecule has 0 N–H and O–H groups in total. The number of likely N-dealkylation sites (tertiary alicyclic amines) is 1. The van der Waals surface area contributed by atoms with E-state index in [1.807, 2.05) is 0 Å². The number of nitrogens with zero attached hydrogens (tertiary/aromatic N) is 4. The lowest BCUT2D eigenvalue weighted by Gasteiger charge is -2.28. The molecule has 2 aliphatic heterocycles. The first kappa shape index (κ1) is 24.5. The highest BCUT2D eigenvalue weighted by atomic mass is 19.4. The molecule has 2 aliphatic rings. The van der Waals surface area contributed by atoms with Crippen molar-refractivity contribution in [1.82, 2.24) is 14.8 Å². The van der Waals surface area contributed by atoms with Crippen molar-refractivity contribution in [2.24, 2.45) is 0 Å². The number of hydrogen-bond acceptors (Lipinski definition) is 5. The van der Waals surface area contributed by atoms with E-state index in [0.717, 1.165) is 36.3 Å². The molecule has 3 heterocycles. The van der Waals surface area contributed by atoms with E-state index in [0.29, 0.717) is 18.7 Å². The number of urea groups is 1. The molecule has 0 radical (unpaired) electrons. The minimum atomic E-state index is -4.85. The molecule has 4 rings (SSSR count). The van der Waals surface area contributed by atoms with Crippen molar-refractivity contribution in [3.63, 3.8) is 0 Å². The van der Waals surface area contributed by atoms with Gasteiger partial charge in [-0.2, -0.15) is 0 Å². The highest BCUT2D eigenvalue weighted by molar-refractivity contribution is 6.22. The summed E-state index contributed by atoms with van der Waals surface area (Å²) >= 11 is 0. The van der Waals surface area contributed by atoms with E-state index in [9.17, 15) is 27.6 Å². The smallest absolute Gasteiger partial charge is 0.406 e. The molecule has 0 saturated carbocycles. The predicted octanol–water partition coefficient (Wildman–Crippen LogP) is 4.35. The van der Waals surface area contributed by atoms with Crippen LogP contribution < -0.4 is 9.64 Å². The van der Waals surface area contributed by atoms with Crippen molar-refractivity contribution >= 4 is 23.5 Å². The number of amides is 4. The molecule has 4 amide bonds. The van der Waals surface area contributed by atoms with E-state index in [4.69, 9.17) is 0 Å². The molecule has 11 heteroatoms. The highest BCUT2D eigenvalue weighted by Crippen LogP contribution is 2.34. The third kappa shape index (κ3) is 5.08. The van der Waals surface area contributed by atoms with Gasteiger partial charge >= 0.3 is 12.4 Å². The summed E-state index contributed by atoms with van der Waals surface area (Å²) in [5, 5.41) is 0. The molecule has 186 valence electrons. The molecule has 2 aromatic rings. The molecule has 0 bridgehead atoms. The number of hydrogen-bond donors (Lipinski definition) is 0. The highest BCUT2D eigenvalue weighted by Gasteiger charge is 2.51. The van der Waals surface area contributed by atoms with Crippen LogP contribution in [0.2, 0.25) is 0 Å². The molecule has 2 fully saturated rings. The minimum absolute atomic E-state index is 0.0478. The maximum atomic E-state index is 13.2. The first-order chi connectivity index (χ1) is 16.5. The second kappa shape index (κ2) is 9.20. The largest absolute Gasteiger partial charge is 0.573 e. The van der Waals surface area contributed by atoms with Gasteiger partial charge in [-0.3, -0.25) is 14.6 Å². The fourth-order valence-corrected chi connectivity index (χ4v) is 4.26. The van der Waals surface area contributed by atoms with Gasteiger partial charge in [0, 0.05) is 25.8 Å². The average Bonchev–Trinajstić information content (AvgIpc) is 2.98. The summed E-state index contributed by atoms with van der Waals surface area (Å²) in [6.07, 6.45) is -0.365. The van der Waals surface area contributed by atoms with E-state index in [1.165, 1.54) is 23.2 Å². The van der Waals surface area contributed by atoms with Gasteiger partial charge in [-0.15, -0.1) is 13.2 Å². The van der Waals surface area contributed by atoms with Crippen LogP contribution in [0.1, 0.15) is 49.2 Å². The number of anilines is 1. The summed E-state index contributed by atoms with van der Waals surface area (Å²) in [6, 6.07) is 7.20. The van der Waals surface area contributed by atoms with Gasteiger partial charge in [-0.05, 0) is 75.1 Å². The molecule has 0 unspecified atom stereocenters. The van der Waals surface area contributed by atoms with Crippen LogP contribution in [-0.4, -0.2) is 57.6 Å². The minimum Gasteiger partial charge on any atom is -0.406 e. The van der Waals surface area contributed by atoms with E-state index in [-0.39, 0.29) is 23.8 Å². The first-order valence-corrected chi connectivity index (χ1v) is 11.2. The Labute approximate surface area is 200 Å². The van der Waals surface area contributed by atoms with Crippen LogP contribution in [0.5, 0.6) is 5.75 Å². The number of ether oxygens (including phenoxy) is 1. The van der Waals surface area contributed by atoms with Crippen molar-refractivity contribution in [1.29, 1.82) is 0 Å². The number of carbonyl (C=O) groups is 3. The number of aromatic nitrogens is 1. The molecule has 35 heavy (non-hydrogen) atoms. The number of pyridine rings is 1. The molecule has 2 saturated heterocycles. The fraction of sp³-hybridized carbons (Fsp3) is 0.417. The van der Waals surface area contributed by atoms with Gasteiger partial charge in [0.1, 0.15) is 17.0 Å². The number of carbonyl (C=O) groups excluding carboxylic acids is 3. The number of alkyl halides is 3. The number of piperidine rings is 1. The Morgan fingerprint density at radius 3 is 2.34 bits per heavy atom. The monoisotopic (exact) mass is 490 g/mol. The molecule has 0 aliphatic carbocycles. The van der Waals surface area contributed by atoms with Crippen LogP contribution in [0.25, 0.3) is 0 Å². The van der Waals surface area contributed by atoms with Crippen LogP contribution in [0.3, 0.4) is 0 Å². The zero-order chi connectivity index (χ0) is 25.4. The zero-order valence-corrected chi connectivity index (χ0v) is 19.3. The summed E-state index contributed by atoms with van der Waals surface area (Å²) in [6.45, 7) is 4.59. The normalized spacial score (nSPS) is 18.3. The van der Waals surface area contributed by atoms with E-state index >= 15 is 0 Å². The summed E-state index contributed by atoms with van der Waals surface area (Å²) in [4.78, 5) is 47.4. The Kier molecular flexibility index (Phi) is 6.44. The van der Waals surface area contributed by atoms with Crippen LogP contribution >= 0.6 is 0 Å². The fourth-order valence-electron chi connectivity index (χ4n) is 4.26. The Balaban J connectivity index is 1.53. The van der Waals surface area contributed by atoms with Crippen molar-refractivity contribution in [2.75, 3.05) is 18.0 Å². The van der Waals surface area contributed by atoms with Gasteiger partial charge in [-0.25, -0.2) is 9.69 Å². The maximum absolute atomic E-state index is 13.2. The summed E-state index contributed by atoms with van der Waals surface area (Å²) in [5.41, 5.74) is -0.193. The number of halogens is 3.